The summed E-state index contributed by atoms with van der Waals surface area (Å²) in [6.07, 6.45) is 1.65. The van der Waals surface area contributed by atoms with E-state index in [1.54, 1.807) is 4.90 Å². The highest BCUT2D eigenvalue weighted by molar-refractivity contribution is 7.12. The largest absolute Gasteiger partial charge is 0.459 e. The van der Waals surface area contributed by atoms with Gasteiger partial charge in [-0.25, -0.2) is 4.98 Å². The van der Waals surface area contributed by atoms with E-state index in [9.17, 15) is 9.59 Å². The van der Waals surface area contributed by atoms with Crippen molar-refractivity contribution in [3.05, 3.63) is 82.3 Å². The number of fused-ring (bicyclic) bond motifs is 1. The third-order valence-corrected chi connectivity index (χ3v) is 6.32. The Morgan fingerprint density at radius 2 is 1.83 bits per heavy atom. The molecule has 0 aliphatic carbocycles. The molecule has 0 N–H and O–H groups in total. The maximum absolute atomic E-state index is 13.4. The quantitative estimate of drug-likeness (QED) is 0.275. The lowest BCUT2D eigenvalue weighted by molar-refractivity contribution is -0.155. The molecule has 2 heterocycles. The fourth-order valence-corrected chi connectivity index (χ4v) is 4.68. The monoisotopic (exact) mass is 489 g/mol. The molecule has 0 aliphatic heterocycles. The van der Waals surface area contributed by atoms with E-state index in [-0.39, 0.29) is 18.4 Å². The molecule has 0 atom stereocenters. The van der Waals surface area contributed by atoms with E-state index < -0.39 is 5.60 Å². The molecule has 0 fully saturated rings. The first kappa shape index (κ1) is 24.7. The minimum atomic E-state index is -0.550. The topological polar surface area (TPSA) is 64.4 Å². The summed E-state index contributed by atoms with van der Waals surface area (Å²) >= 11 is 1.43. The van der Waals surface area contributed by atoms with Crippen molar-refractivity contribution in [3.63, 3.8) is 0 Å². The third-order valence-electron chi connectivity index (χ3n) is 5.46. The smallest absolute Gasteiger partial charge is 0.326 e. The molecule has 4 aromatic rings. The van der Waals surface area contributed by atoms with E-state index >= 15 is 0 Å². The van der Waals surface area contributed by atoms with Crippen molar-refractivity contribution in [2.75, 3.05) is 4.90 Å². The van der Waals surface area contributed by atoms with Gasteiger partial charge in [-0.05, 0) is 62.4 Å². The summed E-state index contributed by atoms with van der Waals surface area (Å²) in [7, 11) is 0. The van der Waals surface area contributed by atoms with Gasteiger partial charge in [0.2, 0.25) is 0 Å². The SMILES string of the molecule is CCCc1nc2cc(N(Cc3ccccc3)C(=O)c3cccs3)ccc2n1CC(=O)OC(C)(C)C. The van der Waals surface area contributed by atoms with Crippen LogP contribution in [0.3, 0.4) is 0 Å². The first-order valence-electron chi connectivity index (χ1n) is 11.9. The van der Waals surface area contributed by atoms with Gasteiger partial charge in [0.15, 0.2) is 0 Å². The van der Waals surface area contributed by atoms with Crippen molar-refractivity contribution in [3.8, 4) is 0 Å². The Bertz CT molecular complexity index is 1300. The van der Waals surface area contributed by atoms with Gasteiger partial charge in [0, 0.05) is 12.1 Å². The maximum Gasteiger partial charge on any atom is 0.326 e. The van der Waals surface area contributed by atoms with E-state index in [2.05, 4.69) is 6.92 Å². The molecule has 0 bridgehead atoms. The first-order chi connectivity index (χ1) is 16.7. The second-order valence-corrected chi connectivity index (χ2v) is 10.4. The number of benzene rings is 2. The van der Waals surface area contributed by atoms with E-state index in [0.717, 1.165) is 41.0 Å². The molecular weight excluding hydrogens is 458 g/mol. The van der Waals surface area contributed by atoms with Crippen LogP contribution >= 0.6 is 11.3 Å². The van der Waals surface area contributed by atoms with Crippen LogP contribution in [0.2, 0.25) is 0 Å². The number of aryl methyl sites for hydroxylation is 1. The average molecular weight is 490 g/mol. The van der Waals surface area contributed by atoms with Gasteiger partial charge in [-0.2, -0.15) is 0 Å². The zero-order chi connectivity index (χ0) is 25.0. The molecule has 0 saturated carbocycles. The lowest BCUT2D eigenvalue weighted by Gasteiger charge is -2.23. The van der Waals surface area contributed by atoms with Gasteiger partial charge in [0.1, 0.15) is 18.0 Å². The Morgan fingerprint density at radius 3 is 2.49 bits per heavy atom. The summed E-state index contributed by atoms with van der Waals surface area (Å²) in [5.41, 5.74) is 2.87. The predicted molar refractivity (Wildman–Crippen MR) is 141 cm³/mol. The number of thiophene rings is 1. The van der Waals surface area contributed by atoms with Crippen molar-refractivity contribution in [2.24, 2.45) is 0 Å². The molecule has 7 heteroatoms. The molecule has 0 radical (unpaired) electrons. The molecule has 2 aromatic heterocycles. The van der Waals surface area contributed by atoms with Crippen LogP contribution < -0.4 is 4.90 Å². The molecule has 0 unspecified atom stereocenters. The number of hydrogen-bond acceptors (Lipinski definition) is 5. The highest BCUT2D eigenvalue weighted by Gasteiger charge is 2.22. The third kappa shape index (κ3) is 5.98. The Morgan fingerprint density at radius 1 is 1.06 bits per heavy atom. The highest BCUT2D eigenvalue weighted by atomic mass is 32.1. The zero-order valence-corrected chi connectivity index (χ0v) is 21.5. The minimum Gasteiger partial charge on any atom is -0.459 e. The second-order valence-electron chi connectivity index (χ2n) is 9.48. The number of hydrogen-bond donors (Lipinski definition) is 0. The zero-order valence-electron chi connectivity index (χ0n) is 20.7. The highest BCUT2D eigenvalue weighted by Crippen LogP contribution is 2.27. The number of carbonyl (C=O) groups is 2. The molecular formula is C28H31N3O3S. The van der Waals surface area contributed by atoms with Crippen LogP contribution in [-0.2, 0) is 29.0 Å². The van der Waals surface area contributed by atoms with Gasteiger partial charge >= 0.3 is 5.97 Å². The Hall–Kier alpha value is -3.45. The van der Waals surface area contributed by atoms with Crippen molar-refractivity contribution in [1.82, 2.24) is 9.55 Å². The normalized spacial score (nSPS) is 11.5. The molecule has 2 aromatic carbocycles. The molecule has 0 spiro atoms. The van der Waals surface area contributed by atoms with Crippen LogP contribution in [0, 0.1) is 0 Å². The minimum absolute atomic E-state index is 0.0508. The van der Waals surface area contributed by atoms with Gasteiger partial charge in [-0.15, -0.1) is 11.3 Å². The van der Waals surface area contributed by atoms with E-state index in [1.165, 1.54) is 11.3 Å². The van der Waals surface area contributed by atoms with Crippen LogP contribution in [0.4, 0.5) is 5.69 Å². The fourth-order valence-electron chi connectivity index (χ4n) is 4.01. The standard InChI is InChI=1S/C28H31N3O3S/c1-5-10-25-29-22-17-21(14-15-23(22)31(25)19-26(32)34-28(2,3)4)30(18-20-11-7-6-8-12-20)27(33)24-13-9-16-35-24/h6-9,11-17H,5,10,18-19H2,1-4H3. The van der Waals surface area contributed by atoms with E-state index in [1.807, 2.05) is 91.4 Å². The van der Waals surface area contributed by atoms with Gasteiger partial charge in [-0.1, -0.05) is 43.3 Å². The average Bonchev–Trinajstić information content (AvgIpc) is 3.45. The van der Waals surface area contributed by atoms with E-state index in [4.69, 9.17) is 9.72 Å². The lowest BCUT2D eigenvalue weighted by Crippen LogP contribution is -2.29. The summed E-state index contributed by atoms with van der Waals surface area (Å²) in [5, 5.41) is 1.91. The molecule has 182 valence electrons. The summed E-state index contributed by atoms with van der Waals surface area (Å²) in [6.45, 7) is 8.23. The van der Waals surface area contributed by atoms with Crippen molar-refractivity contribution in [1.29, 1.82) is 0 Å². The molecule has 0 aliphatic rings. The van der Waals surface area contributed by atoms with Crippen molar-refractivity contribution < 1.29 is 14.3 Å². The molecule has 4 rings (SSSR count). The van der Waals surface area contributed by atoms with Crippen LogP contribution in [0.25, 0.3) is 11.0 Å². The number of amides is 1. The van der Waals surface area contributed by atoms with E-state index in [0.29, 0.717) is 11.4 Å². The first-order valence-corrected chi connectivity index (χ1v) is 12.7. The lowest BCUT2D eigenvalue weighted by atomic mass is 10.1. The van der Waals surface area contributed by atoms with Crippen LogP contribution in [0.5, 0.6) is 0 Å². The summed E-state index contributed by atoms with van der Waals surface area (Å²) in [5.74, 6) is 0.492. The number of nitrogens with zero attached hydrogens (tertiary/aromatic N) is 3. The van der Waals surface area contributed by atoms with Crippen LogP contribution in [-0.4, -0.2) is 27.0 Å². The Kier molecular flexibility index (Phi) is 7.36. The number of anilines is 1. The summed E-state index contributed by atoms with van der Waals surface area (Å²) < 4.78 is 7.48. The predicted octanol–water partition coefficient (Wildman–Crippen LogP) is 6.24. The Balaban J connectivity index is 1.72. The summed E-state index contributed by atoms with van der Waals surface area (Å²) in [4.78, 5) is 33.4. The fraction of sp³-hybridized carbons (Fsp3) is 0.321. The summed E-state index contributed by atoms with van der Waals surface area (Å²) in [6, 6.07) is 19.5. The van der Waals surface area contributed by atoms with Gasteiger partial charge in [-0.3, -0.25) is 9.59 Å². The van der Waals surface area contributed by atoms with Gasteiger partial charge in [0.25, 0.3) is 5.91 Å². The van der Waals surface area contributed by atoms with Crippen LogP contribution in [0.15, 0.2) is 66.0 Å². The number of imidazole rings is 1. The van der Waals surface area contributed by atoms with Gasteiger partial charge in [0.05, 0.1) is 22.5 Å². The number of rotatable bonds is 8. The second kappa shape index (κ2) is 10.4. The van der Waals surface area contributed by atoms with Crippen molar-refractivity contribution >= 4 is 39.9 Å². The molecule has 0 saturated heterocycles. The van der Waals surface area contributed by atoms with Gasteiger partial charge < -0.3 is 14.2 Å². The van der Waals surface area contributed by atoms with Crippen molar-refractivity contribution in [2.45, 2.75) is 59.2 Å². The number of aromatic nitrogens is 2. The molecule has 6 nitrogen and oxygen atoms in total. The molecule has 1 amide bonds. The maximum atomic E-state index is 13.4. The number of ether oxygens (including phenoxy) is 1. The Labute approximate surface area is 210 Å². The number of carbonyl (C=O) groups excluding carboxylic acids is 2. The number of esters is 1. The van der Waals surface area contributed by atoms with Crippen LogP contribution in [0.1, 0.15) is 55.2 Å². The molecule has 35 heavy (non-hydrogen) atoms.